The Bertz CT molecular complexity index is 1190. The van der Waals surface area contributed by atoms with Gasteiger partial charge in [-0.15, -0.1) is 0 Å². The van der Waals surface area contributed by atoms with E-state index in [1.54, 1.807) is 13.8 Å². The van der Waals surface area contributed by atoms with E-state index in [0.29, 0.717) is 6.42 Å². The first-order chi connectivity index (χ1) is 17.5. The molecule has 3 rings (SSSR count). The number of H-pyrrole nitrogens is 1. The molecule has 0 bridgehead atoms. The number of hydrogen-bond acceptors (Lipinski definition) is 12. The number of hydrogen-bond donors (Lipinski definition) is 3. The first-order valence-electron chi connectivity index (χ1n) is 11.9. The molecule has 1 aliphatic rings. The first kappa shape index (κ1) is 28.0. The maximum atomic E-state index is 14.8. The Morgan fingerprint density at radius 2 is 2.03 bits per heavy atom. The maximum Gasteiger partial charge on any atom is 0.348 e. The molecule has 6 atom stereocenters. The van der Waals surface area contributed by atoms with E-state index in [1.165, 1.54) is 10.9 Å². The van der Waals surface area contributed by atoms with Gasteiger partial charge in [0.25, 0.3) is 5.56 Å². The van der Waals surface area contributed by atoms with Gasteiger partial charge in [0.2, 0.25) is 12.1 Å². The number of carbonyl (C=O) groups excluding carboxylic acids is 3. The number of nitrogens with two attached hydrogens (primary N) is 2. The number of nitrogens with one attached hydrogen (secondary N) is 1. The van der Waals surface area contributed by atoms with E-state index < -0.39 is 67.1 Å². The second-order valence-corrected chi connectivity index (χ2v) is 8.63. The summed E-state index contributed by atoms with van der Waals surface area (Å²) in [5.41, 5.74) is 11.0. The van der Waals surface area contributed by atoms with Gasteiger partial charge in [0.05, 0.1) is 19.4 Å². The highest BCUT2D eigenvalue weighted by Crippen LogP contribution is 2.32. The number of fused-ring (bicyclic) bond motifs is 1. The minimum Gasteiger partial charge on any atom is -0.466 e. The van der Waals surface area contributed by atoms with E-state index in [2.05, 4.69) is 15.0 Å². The van der Waals surface area contributed by atoms with Crippen LogP contribution < -0.4 is 17.0 Å². The summed E-state index contributed by atoms with van der Waals surface area (Å²) in [6.07, 6.45) is -4.16. The number of ether oxygens (including phenoxy) is 4. The molecule has 2 aromatic rings. The normalized spacial score (nSPS) is 21.8. The molecule has 0 aromatic carbocycles. The molecule has 1 saturated heterocycles. The second kappa shape index (κ2) is 12.1. The highest BCUT2D eigenvalue weighted by Gasteiger charge is 2.39. The van der Waals surface area contributed by atoms with Gasteiger partial charge in [0.15, 0.2) is 11.2 Å². The van der Waals surface area contributed by atoms with Crippen LogP contribution in [-0.2, 0) is 33.3 Å². The van der Waals surface area contributed by atoms with Gasteiger partial charge in [0.1, 0.15) is 31.2 Å². The van der Waals surface area contributed by atoms with Gasteiger partial charge in [-0.05, 0) is 12.8 Å². The van der Waals surface area contributed by atoms with Crippen molar-refractivity contribution in [1.29, 1.82) is 0 Å². The highest BCUT2D eigenvalue weighted by atomic mass is 19.1. The molecular formula is C22H31FN6O8. The van der Waals surface area contributed by atoms with Crippen LogP contribution in [0.5, 0.6) is 0 Å². The van der Waals surface area contributed by atoms with Crippen molar-refractivity contribution in [3.05, 3.63) is 16.7 Å². The minimum atomic E-state index is -1.63. The van der Waals surface area contributed by atoms with Crippen LogP contribution >= 0.6 is 0 Å². The Kier molecular flexibility index (Phi) is 9.15. The summed E-state index contributed by atoms with van der Waals surface area (Å²) < 4.78 is 36.9. The number of imidazole rings is 1. The summed E-state index contributed by atoms with van der Waals surface area (Å²) in [5.74, 6) is -3.12. The molecule has 0 spiro atoms. The van der Waals surface area contributed by atoms with Gasteiger partial charge in [0, 0.05) is 6.42 Å². The van der Waals surface area contributed by atoms with Gasteiger partial charge >= 0.3 is 17.9 Å². The topological polar surface area (TPSA) is 204 Å². The zero-order valence-corrected chi connectivity index (χ0v) is 20.7. The third-order valence-electron chi connectivity index (χ3n) is 6.02. The lowest BCUT2D eigenvalue weighted by Crippen LogP contribution is -2.43. The molecule has 0 amide bonds. The van der Waals surface area contributed by atoms with Crippen LogP contribution in [0.2, 0.25) is 0 Å². The van der Waals surface area contributed by atoms with E-state index in [9.17, 15) is 23.6 Å². The lowest BCUT2D eigenvalue weighted by atomic mass is 10.0. The van der Waals surface area contributed by atoms with Gasteiger partial charge in [-0.1, -0.05) is 20.3 Å². The Balaban J connectivity index is 1.66. The third kappa shape index (κ3) is 6.60. The van der Waals surface area contributed by atoms with Crippen molar-refractivity contribution >= 4 is 35.0 Å². The smallest absolute Gasteiger partial charge is 0.348 e. The molecule has 37 heavy (non-hydrogen) atoms. The van der Waals surface area contributed by atoms with Crippen molar-refractivity contribution in [3.63, 3.8) is 0 Å². The number of aromatic nitrogens is 4. The molecule has 1 aliphatic heterocycles. The van der Waals surface area contributed by atoms with Crippen molar-refractivity contribution < 1.29 is 37.7 Å². The van der Waals surface area contributed by atoms with Gasteiger partial charge in [-0.3, -0.25) is 23.9 Å². The summed E-state index contributed by atoms with van der Waals surface area (Å²) in [6, 6.07) is -1.02. The number of alkyl halides is 1. The van der Waals surface area contributed by atoms with Gasteiger partial charge < -0.3 is 30.4 Å². The number of halogens is 1. The average molecular weight is 527 g/mol. The number of anilines is 1. The van der Waals surface area contributed by atoms with E-state index in [-0.39, 0.29) is 36.1 Å². The highest BCUT2D eigenvalue weighted by molar-refractivity contribution is 5.85. The van der Waals surface area contributed by atoms with Gasteiger partial charge in [-0.2, -0.15) is 4.98 Å². The Labute approximate surface area is 210 Å². The predicted molar refractivity (Wildman–Crippen MR) is 126 cm³/mol. The van der Waals surface area contributed by atoms with Crippen LogP contribution in [0.3, 0.4) is 0 Å². The van der Waals surface area contributed by atoms with E-state index in [1.807, 2.05) is 6.92 Å². The molecule has 15 heteroatoms. The largest absolute Gasteiger partial charge is 0.466 e. The summed E-state index contributed by atoms with van der Waals surface area (Å²) >= 11 is 0. The summed E-state index contributed by atoms with van der Waals surface area (Å²) in [6.45, 7) is 4.67. The summed E-state index contributed by atoms with van der Waals surface area (Å²) in [4.78, 5) is 59.3. The van der Waals surface area contributed by atoms with Crippen LogP contribution in [0.4, 0.5) is 10.3 Å². The number of nitrogens with zero attached hydrogens (tertiary/aromatic N) is 3. The molecule has 1 fully saturated rings. The number of nitrogen functional groups attached to an aromatic ring is 1. The fourth-order valence-electron chi connectivity index (χ4n) is 3.67. The maximum absolute atomic E-state index is 14.8. The van der Waals surface area contributed by atoms with Crippen LogP contribution in [-0.4, -0.2) is 75.1 Å². The molecule has 0 saturated carbocycles. The van der Waals surface area contributed by atoms with Crippen LogP contribution in [0.25, 0.3) is 11.2 Å². The SMILES string of the molecule is CCOC(=O)CC(OC(=O)[C@@H](N)[C@@H](C)CC)C(=O)OC[C@H]1O[C@@H](n2cnc3c(=O)[nH]c(N)nc32)CC1F. The molecule has 2 unspecified atom stereocenters. The second-order valence-electron chi connectivity index (χ2n) is 8.63. The van der Waals surface area contributed by atoms with Crippen molar-refractivity contribution in [1.82, 2.24) is 19.5 Å². The first-order valence-corrected chi connectivity index (χ1v) is 11.9. The quantitative estimate of drug-likeness (QED) is 0.264. The molecule has 14 nitrogen and oxygen atoms in total. The Hall–Kier alpha value is -3.59. The zero-order valence-electron chi connectivity index (χ0n) is 20.7. The minimum absolute atomic E-state index is 0.00214. The third-order valence-corrected chi connectivity index (χ3v) is 6.02. The summed E-state index contributed by atoms with van der Waals surface area (Å²) in [7, 11) is 0. The van der Waals surface area contributed by atoms with Gasteiger partial charge in [-0.25, -0.2) is 14.2 Å². The molecule has 2 aromatic heterocycles. The van der Waals surface area contributed by atoms with Crippen molar-refractivity contribution in [2.24, 2.45) is 11.7 Å². The van der Waals surface area contributed by atoms with Crippen molar-refractivity contribution in [3.8, 4) is 0 Å². The fraction of sp³-hybridized carbons (Fsp3) is 0.636. The lowest BCUT2D eigenvalue weighted by molar-refractivity contribution is -0.175. The molecule has 0 aliphatic carbocycles. The molecule has 5 N–H and O–H groups in total. The average Bonchev–Trinajstić information content (AvgIpc) is 3.44. The Morgan fingerprint density at radius 1 is 1.30 bits per heavy atom. The van der Waals surface area contributed by atoms with E-state index in [0.717, 1.165) is 0 Å². The van der Waals surface area contributed by atoms with E-state index >= 15 is 0 Å². The predicted octanol–water partition coefficient (Wildman–Crippen LogP) is 0.109. The number of carbonyl (C=O) groups is 3. The molecule has 0 radical (unpaired) electrons. The monoisotopic (exact) mass is 526 g/mol. The van der Waals surface area contributed by atoms with Crippen molar-refractivity contribution in [2.75, 3.05) is 18.9 Å². The van der Waals surface area contributed by atoms with Crippen LogP contribution in [0.15, 0.2) is 11.1 Å². The number of esters is 3. The standard InChI is InChI=1S/C22H31FN6O8/c1-4-10(3)16(24)21(33)37-12(7-15(30)34-5-2)20(32)35-8-13-11(23)6-14(36-13)29-9-26-17-18(29)27-22(25)28-19(17)31/h9-14,16H,4-8,24H2,1-3H3,(H3,25,27,28,31)/t10-,11?,12?,13+,14+,16-/m0/s1. The molecule has 204 valence electrons. The van der Waals surface area contributed by atoms with E-state index in [4.69, 9.17) is 30.4 Å². The summed E-state index contributed by atoms with van der Waals surface area (Å²) in [5, 5.41) is 0. The lowest BCUT2D eigenvalue weighted by Gasteiger charge is -2.22. The molecular weight excluding hydrogens is 495 g/mol. The fourth-order valence-corrected chi connectivity index (χ4v) is 3.67. The zero-order chi connectivity index (χ0) is 27.3. The van der Waals surface area contributed by atoms with Crippen molar-refractivity contribution in [2.45, 2.75) is 70.7 Å². The Morgan fingerprint density at radius 3 is 2.70 bits per heavy atom. The van der Waals surface area contributed by atoms with Crippen LogP contribution in [0, 0.1) is 5.92 Å². The van der Waals surface area contributed by atoms with Crippen LogP contribution in [0.1, 0.15) is 46.3 Å². The molecule has 3 heterocycles. The number of rotatable bonds is 11. The number of aromatic amines is 1.